The average molecular weight is 293 g/mol. The molecule has 0 aliphatic carbocycles. The third-order valence-electron chi connectivity index (χ3n) is 3.82. The smallest absolute Gasteiger partial charge is 0.0748 e. The Morgan fingerprint density at radius 3 is 2.52 bits per heavy atom. The lowest BCUT2D eigenvalue weighted by atomic mass is 10.1. The number of aromatic nitrogens is 2. The molecular weight excluding hydrogens is 280 g/mol. The van der Waals surface area contributed by atoms with Gasteiger partial charge < -0.3 is 4.98 Å². The van der Waals surface area contributed by atoms with Crippen LogP contribution in [0.25, 0.3) is 33.1 Å². The minimum Gasteiger partial charge on any atom is -0.358 e. The van der Waals surface area contributed by atoms with Gasteiger partial charge in [-0.25, -0.2) is 4.98 Å². The topological polar surface area (TPSA) is 28.7 Å². The Hall–Kier alpha value is -2.32. The number of halogens is 1. The Morgan fingerprint density at radius 2 is 1.67 bits per heavy atom. The van der Waals surface area contributed by atoms with E-state index in [9.17, 15) is 0 Å². The van der Waals surface area contributed by atoms with Crippen LogP contribution >= 0.6 is 11.6 Å². The van der Waals surface area contributed by atoms with Gasteiger partial charge in [-0.2, -0.15) is 0 Å². The number of aromatic amines is 1. The van der Waals surface area contributed by atoms with Crippen molar-refractivity contribution in [2.45, 2.75) is 6.92 Å². The van der Waals surface area contributed by atoms with Crippen LogP contribution in [0.2, 0.25) is 5.02 Å². The maximum absolute atomic E-state index is 6.43. The molecule has 0 aliphatic rings. The summed E-state index contributed by atoms with van der Waals surface area (Å²) in [6.07, 6.45) is 0. The van der Waals surface area contributed by atoms with E-state index in [1.165, 1.54) is 5.39 Å². The molecule has 0 radical (unpaired) electrons. The summed E-state index contributed by atoms with van der Waals surface area (Å²) >= 11 is 6.43. The summed E-state index contributed by atoms with van der Waals surface area (Å²) in [5.74, 6) is 0. The Balaban J connectivity index is 2.07. The lowest BCUT2D eigenvalue weighted by molar-refractivity contribution is 1.28. The normalized spacial score (nSPS) is 11.3. The molecule has 21 heavy (non-hydrogen) atoms. The van der Waals surface area contributed by atoms with E-state index in [2.05, 4.69) is 24.0 Å². The number of aryl methyl sites for hydroxylation is 1. The molecule has 0 fully saturated rings. The van der Waals surface area contributed by atoms with Gasteiger partial charge in [-0.15, -0.1) is 0 Å². The van der Waals surface area contributed by atoms with Crippen molar-refractivity contribution < 1.29 is 0 Å². The second kappa shape index (κ2) is 4.61. The van der Waals surface area contributed by atoms with E-state index >= 15 is 0 Å². The fraction of sp³-hybridized carbons (Fsp3) is 0.0556. The summed E-state index contributed by atoms with van der Waals surface area (Å²) in [4.78, 5) is 8.20. The molecule has 0 saturated heterocycles. The van der Waals surface area contributed by atoms with Crippen molar-refractivity contribution in [2.24, 2.45) is 0 Å². The van der Waals surface area contributed by atoms with E-state index in [0.29, 0.717) is 0 Å². The average Bonchev–Trinajstić information content (AvgIpc) is 2.83. The van der Waals surface area contributed by atoms with Crippen molar-refractivity contribution in [1.82, 2.24) is 9.97 Å². The van der Waals surface area contributed by atoms with Gasteiger partial charge >= 0.3 is 0 Å². The maximum atomic E-state index is 6.43. The van der Waals surface area contributed by atoms with Crippen molar-refractivity contribution in [1.29, 1.82) is 0 Å². The quantitative estimate of drug-likeness (QED) is 0.503. The van der Waals surface area contributed by atoms with E-state index in [1.54, 1.807) is 0 Å². The van der Waals surface area contributed by atoms with Crippen LogP contribution < -0.4 is 0 Å². The minimum absolute atomic E-state index is 0.736. The molecule has 0 amide bonds. The Morgan fingerprint density at radius 1 is 0.952 bits per heavy atom. The highest BCUT2D eigenvalue weighted by molar-refractivity contribution is 6.35. The molecule has 0 saturated carbocycles. The van der Waals surface area contributed by atoms with Crippen LogP contribution in [0.5, 0.6) is 0 Å². The number of rotatable bonds is 1. The monoisotopic (exact) mass is 292 g/mol. The SMILES string of the molecule is Cc1[nH]c2ccccc2c1-c1cc(Cl)c2ccccc2n1. The first-order valence-electron chi connectivity index (χ1n) is 6.87. The van der Waals surface area contributed by atoms with Crippen LogP contribution in [0.15, 0.2) is 54.6 Å². The van der Waals surface area contributed by atoms with Gasteiger partial charge in [0.2, 0.25) is 0 Å². The third-order valence-corrected chi connectivity index (χ3v) is 4.13. The Kier molecular flexibility index (Phi) is 2.72. The molecule has 3 heteroatoms. The van der Waals surface area contributed by atoms with E-state index in [-0.39, 0.29) is 0 Å². The standard InChI is InChI=1S/C18H13ClN2/c1-11-18(13-7-3-5-9-16(13)20-11)17-10-14(19)12-6-2-4-8-15(12)21-17/h2-10,20H,1H3. The van der Waals surface area contributed by atoms with Gasteiger partial charge in [0.15, 0.2) is 0 Å². The van der Waals surface area contributed by atoms with Crippen LogP contribution in [0.3, 0.4) is 0 Å². The van der Waals surface area contributed by atoms with Crippen molar-refractivity contribution in [3.05, 3.63) is 65.3 Å². The second-order valence-electron chi connectivity index (χ2n) is 5.18. The number of para-hydroxylation sites is 2. The summed E-state index contributed by atoms with van der Waals surface area (Å²) in [6, 6.07) is 18.2. The fourth-order valence-corrected chi connectivity index (χ4v) is 3.13. The molecule has 0 atom stereocenters. The second-order valence-corrected chi connectivity index (χ2v) is 5.58. The summed E-state index contributed by atoms with van der Waals surface area (Å²) in [5.41, 5.74) is 5.18. The number of nitrogens with zero attached hydrogens (tertiary/aromatic N) is 1. The van der Waals surface area contributed by atoms with Crippen LogP contribution in [0.1, 0.15) is 5.69 Å². The fourth-order valence-electron chi connectivity index (χ4n) is 2.87. The number of hydrogen-bond donors (Lipinski definition) is 1. The van der Waals surface area contributed by atoms with Crippen molar-refractivity contribution >= 4 is 33.4 Å². The summed E-state index contributed by atoms with van der Waals surface area (Å²) in [7, 11) is 0. The van der Waals surface area contributed by atoms with Crippen molar-refractivity contribution in [3.8, 4) is 11.3 Å². The van der Waals surface area contributed by atoms with Gasteiger partial charge in [-0.3, -0.25) is 0 Å². The molecule has 0 unspecified atom stereocenters. The van der Waals surface area contributed by atoms with E-state index < -0.39 is 0 Å². The lowest BCUT2D eigenvalue weighted by Crippen LogP contribution is -1.87. The van der Waals surface area contributed by atoms with Crippen molar-refractivity contribution in [2.75, 3.05) is 0 Å². The first kappa shape index (κ1) is 12.4. The third kappa shape index (κ3) is 1.91. The highest BCUT2D eigenvalue weighted by atomic mass is 35.5. The molecule has 0 bridgehead atoms. The van der Waals surface area contributed by atoms with Crippen LogP contribution in [-0.2, 0) is 0 Å². The van der Waals surface area contributed by atoms with Gasteiger partial charge in [-0.1, -0.05) is 48.0 Å². The highest BCUT2D eigenvalue weighted by Crippen LogP contribution is 2.34. The summed E-state index contributed by atoms with van der Waals surface area (Å²) in [6.45, 7) is 2.07. The maximum Gasteiger partial charge on any atom is 0.0748 e. The highest BCUT2D eigenvalue weighted by Gasteiger charge is 2.13. The number of nitrogens with one attached hydrogen (secondary N) is 1. The molecule has 102 valence electrons. The Bertz CT molecular complexity index is 969. The van der Waals surface area contributed by atoms with Gasteiger partial charge in [0.25, 0.3) is 0 Å². The zero-order chi connectivity index (χ0) is 14.4. The molecule has 2 heterocycles. The van der Waals surface area contributed by atoms with E-state index in [0.717, 1.165) is 38.4 Å². The van der Waals surface area contributed by atoms with Crippen LogP contribution in [0, 0.1) is 6.92 Å². The molecule has 2 aromatic carbocycles. The molecule has 0 aliphatic heterocycles. The molecule has 0 spiro atoms. The zero-order valence-electron chi connectivity index (χ0n) is 11.5. The first-order chi connectivity index (χ1) is 10.2. The van der Waals surface area contributed by atoms with Crippen LogP contribution in [-0.4, -0.2) is 9.97 Å². The van der Waals surface area contributed by atoms with Crippen molar-refractivity contribution in [3.63, 3.8) is 0 Å². The van der Waals surface area contributed by atoms with Crippen LogP contribution in [0.4, 0.5) is 0 Å². The molecule has 1 N–H and O–H groups in total. The Labute approximate surface area is 127 Å². The molecule has 4 aromatic rings. The minimum atomic E-state index is 0.736. The van der Waals surface area contributed by atoms with Gasteiger partial charge in [-0.05, 0) is 25.1 Å². The lowest BCUT2D eigenvalue weighted by Gasteiger charge is -2.06. The number of H-pyrrole nitrogens is 1. The number of hydrogen-bond acceptors (Lipinski definition) is 1. The number of fused-ring (bicyclic) bond motifs is 2. The predicted molar refractivity (Wildman–Crippen MR) is 88.8 cm³/mol. The van der Waals surface area contributed by atoms with E-state index in [4.69, 9.17) is 16.6 Å². The predicted octanol–water partition coefficient (Wildman–Crippen LogP) is 5.34. The van der Waals surface area contributed by atoms with E-state index in [1.807, 2.05) is 42.5 Å². The van der Waals surface area contributed by atoms with Gasteiger partial charge in [0.1, 0.15) is 0 Å². The van der Waals surface area contributed by atoms with Gasteiger partial charge in [0.05, 0.1) is 16.2 Å². The summed E-state index contributed by atoms with van der Waals surface area (Å²) < 4.78 is 0. The molecule has 2 nitrogen and oxygen atoms in total. The molecule has 4 rings (SSSR count). The number of pyridine rings is 1. The summed E-state index contributed by atoms with van der Waals surface area (Å²) in [5, 5.41) is 2.90. The number of benzene rings is 2. The first-order valence-corrected chi connectivity index (χ1v) is 7.25. The molecular formula is C18H13ClN2. The van der Waals surface area contributed by atoms with Gasteiger partial charge in [0, 0.05) is 27.5 Å². The zero-order valence-corrected chi connectivity index (χ0v) is 12.3. The molecule has 2 aromatic heterocycles. The largest absolute Gasteiger partial charge is 0.358 e.